The molecule has 1 aliphatic rings. The van der Waals surface area contributed by atoms with Gasteiger partial charge < -0.3 is 9.53 Å². The molecule has 1 aromatic rings. The number of alkyl halides is 2. The minimum absolute atomic E-state index is 0.00636. The quantitative estimate of drug-likeness (QED) is 0.859. The first kappa shape index (κ1) is 14.5. The number of carbonyl (C=O) groups is 1. The van der Waals surface area contributed by atoms with Gasteiger partial charge in [0.25, 0.3) is 6.43 Å². The SMILES string of the molecule is O=CC1COCC(c2cc(Br)ccc2F)(C(F)F)N1. The average Bonchev–Trinajstić information content (AvgIpc) is 2.41. The van der Waals surface area contributed by atoms with Crippen LogP contribution in [0.2, 0.25) is 0 Å². The molecule has 0 amide bonds. The maximum Gasteiger partial charge on any atom is 0.263 e. The number of rotatable bonds is 3. The lowest BCUT2D eigenvalue weighted by molar-refractivity contribution is -0.121. The van der Waals surface area contributed by atoms with Crippen molar-refractivity contribution in [1.82, 2.24) is 5.32 Å². The van der Waals surface area contributed by atoms with E-state index >= 15 is 0 Å². The lowest BCUT2D eigenvalue weighted by atomic mass is 9.88. The summed E-state index contributed by atoms with van der Waals surface area (Å²) >= 11 is 3.12. The molecule has 2 rings (SSSR count). The average molecular weight is 338 g/mol. The highest BCUT2D eigenvalue weighted by Crippen LogP contribution is 2.34. The number of morpholine rings is 1. The van der Waals surface area contributed by atoms with Crippen molar-refractivity contribution in [1.29, 1.82) is 0 Å². The van der Waals surface area contributed by atoms with Crippen LogP contribution in [-0.2, 0) is 15.1 Å². The van der Waals surface area contributed by atoms with E-state index in [0.29, 0.717) is 10.8 Å². The normalized spacial score (nSPS) is 27.5. The lowest BCUT2D eigenvalue weighted by Gasteiger charge is -2.40. The zero-order chi connectivity index (χ0) is 14.0. The van der Waals surface area contributed by atoms with E-state index in [4.69, 9.17) is 4.74 Å². The largest absolute Gasteiger partial charge is 0.377 e. The van der Waals surface area contributed by atoms with E-state index in [1.54, 1.807) is 0 Å². The second-order valence-electron chi connectivity index (χ2n) is 4.30. The van der Waals surface area contributed by atoms with Crippen LogP contribution in [0.4, 0.5) is 13.2 Å². The van der Waals surface area contributed by atoms with Crippen molar-refractivity contribution in [2.75, 3.05) is 13.2 Å². The van der Waals surface area contributed by atoms with Crippen LogP contribution < -0.4 is 5.32 Å². The molecule has 104 valence electrons. The highest BCUT2D eigenvalue weighted by molar-refractivity contribution is 9.10. The third-order valence-corrected chi connectivity index (χ3v) is 3.51. The maximum atomic E-state index is 13.9. The van der Waals surface area contributed by atoms with Gasteiger partial charge in [0.2, 0.25) is 0 Å². The van der Waals surface area contributed by atoms with Crippen LogP contribution in [0.1, 0.15) is 5.56 Å². The van der Waals surface area contributed by atoms with Crippen molar-refractivity contribution in [3.05, 3.63) is 34.1 Å². The fraction of sp³-hybridized carbons (Fsp3) is 0.417. The van der Waals surface area contributed by atoms with Crippen molar-refractivity contribution in [2.45, 2.75) is 18.0 Å². The van der Waals surface area contributed by atoms with Crippen LogP contribution in [0, 0.1) is 5.82 Å². The van der Waals surface area contributed by atoms with Crippen LogP contribution in [0.25, 0.3) is 0 Å². The predicted molar refractivity (Wildman–Crippen MR) is 65.6 cm³/mol. The zero-order valence-corrected chi connectivity index (χ0v) is 11.3. The highest BCUT2D eigenvalue weighted by Gasteiger charge is 2.47. The molecule has 2 unspecified atom stereocenters. The van der Waals surface area contributed by atoms with E-state index < -0.39 is 30.4 Å². The van der Waals surface area contributed by atoms with Crippen LogP contribution >= 0.6 is 15.9 Å². The second-order valence-corrected chi connectivity index (χ2v) is 5.21. The van der Waals surface area contributed by atoms with E-state index in [-0.39, 0.29) is 12.2 Å². The van der Waals surface area contributed by atoms with Gasteiger partial charge in [0.15, 0.2) is 0 Å². The van der Waals surface area contributed by atoms with E-state index in [1.165, 1.54) is 12.1 Å². The van der Waals surface area contributed by atoms with Crippen molar-refractivity contribution in [3.63, 3.8) is 0 Å². The molecule has 0 aromatic heterocycles. The summed E-state index contributed by atoms with van der Waals surface area (Å²) in [5.41, 5.74) is -2.24. The Kier molecular flexibility index (Phi) is 4.27. The van der Waals surface area contributed by atoms with Gasteiger partial charge in [-0.2, -0.15) is 0 Å². The third kappa shape index (κ3) is 2.68. The number of halogens is 4. The number of benzene rings is 1. The summed E-state index contributed by atoms with van der Waals surface area (Å²) in [6.07, 6.45) is -2.44. The fourth-order valence-electron chi connectivity index (χ4n) is 2.07. The summed E-state index contributed by atoms with van der Waals surface area (Å²) in [6, 6.07) is 2.89. The number of hydrogen-bond acceptors (Lipinski definition) is 3. The zero-order valence-electron chi connectivity index (χ0n) is 9.71. The maximum absolute atomic E-state index is 13.9. The Labute approximate surface area is 116 Å². The molecule has 0 bridgehead atoms. The monoisotopic (exact) mass is 337 g/mol. The molecule has 1 heterocycles. The Bertz CT molecular complexity index is 486. The van der Waals surface area contributed by atoms with Crippen molar-refractivity contribution >= 4 is 22.2 Å². The van der Waals surface area contributed by atoms with Crippen LogP contribution in [-0.4, -0.2) is 32.0 Å². The molecule has 0 saturated carbocycles. The first-order chi connectivity index (χ1) is 8.99. The topological polar surface area (TPSA) is 38.3 Å². The molecule has 19 heavy (non-hydrogen) atoms. The van der Waals surface area contributed by atoms with Gasteiger partial charge in [-0.1, -0.05) is 15.9 Å². The number of nitrogens with one attached hydrogen (secondary N) is 1. The van der Waals surface area contributed by atoms with Gasteiger partial charge in [-0.15, -0.1) is 0 Å². The molecule has 2 atom stereocenters. The van der Waals surface area contributed by atoms with Crippen LogP contribution in [0.5, 0.6) is 0 Å². The molecule has 0 radical (unpaired) electrons. The molecule has 3 nitrogen and oxygen atoms in total. The van der Waals surface area contributed by atoms with E-state index in [1.807, 2.05) is 0 Å². The summed E-state index contributed by atoms with van der Waals surface area (Å²) in [4.78, 5) is 10.8. The fourth-order valence-corrected chi connectivity index (χ4v) is 2.43. The Balaban J connectivity index is 2.49. The summed E-state index contributed by atoms with van der Waals surface area (Å²) in [7, 11) is 0. The van der Waals surface area contributed by atoms with Gasteiger partial charge >= 0.3 is 0 Å². The summed E-state index contributed by atoms with van der Waals surface area (Å²) in [6.45, 7) is -0.407. The molecule has 1 N–H and O–H groups in total. The number of ether oxygens (including phenoxy) is 1. The Hall–Kier alpha value is -0.920. The highest BCUT2D eigenvalue weighted by atomic mass is 79.9. The standard InChI is InChI=1S/C12H11BrF3NO2/c13-7-1-2-10(14)9(3-7)12(11(15)16)6-19-5-8(4-18)17-12/h1-4,8,11,17H,5-6H2. The molecular formula is C12H11BrF3NO2. The third-order valence-electron chi connectivity index (χ3n) is 3.02. The molecule has 1 fully saturated rings. The van der Waals surface area contributed by atoms with E-state index in [2.05, 4.69) is 21.2 Å². The van der Waals surface area contributed by atoms with Gasteiger partial charge in [0, 0.05) is 10.0 Å². The molecule has 1 aromatic carbocycles. The van der Waals surface area contributed by atoms with Crippen LogP contribution in [0.15, 0.2) is 22.7 Å². The van der Waals surface area contributed by atoms with Gasteiger partial charge in [-0.05, 0) is 18.2 Å². The number of aldehydes is 1. The molecule has 1 saturated heterocycles. The van der Waals surface area contributed by atoms with Gasteiger partial charge in [-0.25, -0.2) is 13.2 Å². The Morgan fingerprint density at radius 2 is 2.26 bits per heavy atom. The second kappa shape index (κ2) is 5.60. The van der Waals surface area contributed by atoms with E-state index in [0.717, 1.165) is 6.07 Å². The predicted octanol–water partition coefficient (Wildman–Crippen LogP) is 2.24. The molecule has 0 aliphatic carbocycles. The summed E-state index contributed by atoms with van der Waals surface area (Å²) in [5, 5.41) is 2.50. The molecular weight excluding hydrogens is 327 g/mol. The molecule has 0 spiro atoms. The number of hydrogen-bond donors (Lipinski definition) is 1. The first-order valence-corrected chi connectivity index (χ1v) is 6.33. The minimum atomic E-state index is -2.92. The van der Waals surface area contributed by atoms with Crippen LogP contribution in [0.3, 0.4) is 0 Å². The first-order valence-electron chi connectivity index (χ1n) is 5.54. The summed E-state index contributed by atoms with van der Waals surface area (Å²) in [5.74, 6) is -0.772. The smallest absolute Gasteiger partial charge is 0.263 e. The minimum Gasteiger partial charge on any atom is -0.377 e. The Morgan fingerprint density at radius 1 is 1.53 bits per heavy atom. The molecule has 7 heteroatoms. The van der Waals surface area contributed by atoms with Crippen molar-refractivity contribution in [3.8, 4) is 0 Å². The van der Waals surface area contributed by atoms with Crippen molar-refractivity contribution in [2.24, 2.45) is 0 Å². The van der Waals surface area contributed by atoms with E-state index in [9.17, 15) is 18.0 Å². The molecule has 1 aliphatic heterocycles. The number of carbonyl (C=O) groups excluding carboxylic acids is 1. The van der Waals surface area contributed by atoms with Gasteiger partial charge in [0.05, 0.1) is 19.3 Å². The lowest BCUT2D eigenvalue weighted by Crippen LogP contribution is -2.61. The van der Waals surface area contributed by atoms with Gasteiger partial charge in [0.1, 0.15) is 17.6 Å². The summed E-state index contributed by atoms with van der Waals surface area (Å²) < 4.78 is 46.3. The van der Waals surface area contributed by atoms with Crippen molar-refractivity contribution < 1.29 is 22.7 Å². The Morgan fingerprint density at radius 3 is 2.89 bits per heavy atom. The van der Waals surface area contributed by atoms with Gasteiger partial charge in [-0.3, -0.25) is 5.32 Å².